The largest absolute Gasteiger partial charge is 0.379 e. The van der Waals surface area contributed by atoms with Gasteiger partial charge in [0.1, 0.15) is 0 Å². The normalized spacial score (nSPS) is 17.2. The van der Waals surface area contributed by atoms with E-state index in [1.54, 1.807) is 0 Å². The molecular formula is C19H21N3OS. The summed E-state index contributed by atoms with van der Waals surface area (Å²) in [5.41, 5.74) is 10.5. The molecule has 3 aromatic rings. The van der Waals surface area contributed by atoms with Crippen molar-refractivity contribution in [3.05, 3.63) is 48.0 Å². The number of hydrogen-bond acceptors (Lipinski definition) is 5. The smallest absolute Gasteiger partial charge is 0.181 e. The summed E-state index contributed by atoms with van der Waals surface area (Å²) in [4.78, 5) is 6.86. The number of aromatic nitrogens is 1. The Bertz CT molecular complexity index is 837. The lowest BCUT2D eigenvalue weighted by Gasteiger charge is -2.32. The van der Waals surface area contributed by atoms with Crippen LogP contribution in [0.4, 0.5) is 5.13 Å². The maximum atomic E-state index is 5.80. The van der Waals surface area contributed by atoms with Crippen LogP contribution in [0.2, 0.25) is 0 Å². The third-order valence-electron chi connectivity index (χ3n) is 4.72. The Morgan fingerprint density at radius 3 is 2.54 bits per heavy atom. The molecule has 24 heavy (non-hydrogen) atoms. The van der Waals surface area contributed by atoms with Crippen molar-refractivity contribution >= 4 is 26.7 Å². The van der Waals surface area contributed by atoms with Crippen LogP contribution in [0.25, 0.3) is 21.3 Å². The van der Waals surface area contributed by atoms with Crippen LogP contribution < -0.4 is 5.73 Å². The van der Waals surface area contributed by atoms with Gasteiger partial charge in [-0.15, -0.1) is 0 Å². The summed E-state index contributed by atoms with van der Waals surface area (Å²) >= 11 is 1.53. The van der Waals surface area contributed by atoms with E-state index in [1.165, 1.54) is 28.0 Å². The topological polar surface area (TPSA) is 51.4 Å². The van der Waals surface area contributed by atoms with E-state index >= 15 is 0 Å². The number of nitrogens with two attached hydrogens (primary N) is 1. The van der Waals surface area contributed by atoms with E-state index < -0.39 is 0 Å². The van der Waals surface area contributed by atoms with Crippen LogP contribution in [0.3, 0.4) is 0 Å². The van der Waals surface area contributed by atoms with Gasteiger partial charge in [-0.1, -0.05) is 41.7 Å². The molecule has 124 valence electrons. The molecule has 0 saturated carbocycles. The van der Waals surface area contributed by atoms with Gasteiger partial charge in [-0.05, 0) is 35.7 Å². The number of thiazole rings is 1. The van der Waals surface area contributed by atoms with Crippen molar-refractivity contribution < 1.29 is 4.74 Å². The van der Waals surface area contributed by atoms with Gasteiger partial charge in [0, 0.05) is 19.1 Å². The molecule has 2 aromatic carbocycles. The van der Waals surface area contributed by atoms with E-state index in [4.69, 9.17) is 10.5 Å². The molecule has 5 heteroatoms. The highest BCUT2D eigenvalue weighted by Gasteiger charge is 2.18. The van der Waals surface area contributed by atoms with E-state index in [0.717, 1.165) is 36.5 Å². The second-order valence-electron chi connectivity index (χ2n) is 6.18. The van der Waals surface area contributed by atoms with Crippen LogP contribution in [0.1, 0.15) is 18.5 Å². The van der Waals surface area contributed by atoms with Crippen LogP contribution >= 0.6 is 11.3 Å². The molecule has 1 aliphatic heterocycles. The molecule has 1 fully saturated rings. The SMILES string of the molecule is C[C@H](c1ccc(-c2ccc3sc(N)nc3c2)cc1)N1CCOCC1. The minimum Gasteiger partial charge on any atom is -0.379 e. The highest BCUT2D eigenvalue weighted by Crippen LogP contribution is 2.30. The second kappa shape index (κ2) is 6.51. The Labute approximate surface area is 145 Å². The minimum absolute atomic E-state index is 0.420. The fourth-order valence-corrected chi connectivity index (χ4v) is 3.97. The third kappa shape index (κ3) is 3.02. The summed E-state index contributed by atoms with van der Waals surface area (Å²) < 4.78 is 6.58. The number of rotatable bonds is 3. The summed E-state index contributed by atoms with van der Waals surface area (Å²) in [6.07, 6.45) is 0. The highest BCUT2D eigenvalue weighted by molar-refractivity contribution is 7.22. The number of ether oxygens (including phenoxy) is 1. The molecule has 1 saturated heterocycles. The van der Waals surface area contributed by atoms with Gasteiger partial charge in [0.25, 0.3) is 0 Å². The first-order chi connectivity index (χ1) is 11.7. The van der Waals surface area contributed by atoms with Gasteiger partial charge < -0.3 is 10.5 Å². The number of fused-ring (bicyclic) bond motifs is 1. The highest BCUT2D eigenvalue weighted by atomic mass is 32.1. The summed E-state index contributed by atoms with van der Waals surface area (Å²) in [5.74, 6) is 0. The van der Waals surface area contributed by atoms with Crippen molar-refractivity contribution in [3.63, 3.8) is 0 Å². The molecule has 1 aliphatic rings. The Kier molecular flexibility index (Phi) is 4.22. The molecule has 0 unspecified atom stereocenters. The van der Waals surface area contributed by atoms with Crippen LogP contribution in [0, 0.1) is 0 Å². The van der Waals surface area contributed by atoms with Crippen molar-refractivity contribution in [2.75, 3.05) is 32.0 Å². The maximum Gasteiger partial charge on any atom is 0.181 e. The third-order valence-corrected chi connectivity index (χ3v) is 5.59. The Balaban J connectivity index is 1.57. The Morgan fingerprint density at radius 2 is 1.79 bits per heavy atom. The number of hydrogen-bond donors (Lipinski definition) is 1. The lowest BCUT2D eigenvalue weighted by molar-refractivity contribution is 0.0198. The molecule has 2 heterocycles. The molecule has 1 aromatic heterocycles. The summed E-state index contributed by atoms with van der Waals surface area (Å²) in [6.45, 7) is 5.94. The number of benzene rings is 2. The summed E-state index contributed by atoms with van der Waals surface area (Å²) in [5, 5.41) is 0.622. The lowest BCUT2D eigenvalue weighted by Crippen LogP contribution is -2.37. The van der Waals surface area contributed by atoms with E-state index in [2.05, 4.69) is 59.3 Å². The number of anilines is 1. The van der Waals surface area contributed by atoms with Crippen LogP contribution in [-0.4, -0.2) is 36.2 Å². The predicted octanol–water partition coefficient (Wildman–Crippen LogP) is 3.94. The van der Waals surface area contributed by atoms with Gasteiger partial charge in [0.05, 0.1) is 23.4 Å². The molecule has 0 spiro atoms. The zero-order chi connectivity index (χ0) is 16.5. The number of nitrogen functional groups attached to an aromatic ring is 1. The van der Waals surface area contributed by atoms with Gasteiger partial charge in [0.2, 0.25) is 0 Å². The van der Waals surface area contributed by atoms with Crippen LogP contribution in [0.15, 0.2) is 42.5 Å². The van der Waals surface area contributed by atoms with Crippen molar-refractivity contribution in [1.29, 1.82) is 0 Å². The van der Waals surface area contributed by atoms with Gasteiger partial charge >= 0.3 is 0 Å². The standard InChI is InChI=1S/C19H21N3OS/c1-13(22-8-10-23-11-9-22)14-2-4-15(5-3-14)16-6-7-18-17(12-16)21-19(20)24-18/h2-7,12-13H,8-11H2,1H3,(H2,20,21)/t13-/m1/s1. The first kappa shape index (κ1) is 15.6. The fourth-order valence-electron chi connectivity index (χ4n) is 3.25. The number of morpholine rings is 1. The van der Waals surface area contributed by atoms with Gasteiger partial charge in [-0.2, -0.15) is 0 Å². The molecule has 1 atom stereocenters. The van der Waals surface area contributed by atoms with Crippen LogP contribution in [-0.2, 0) is 4.74 Å². The first-order valence-corrected chi connectivity index (χ1v) is 9.10. The Hall–Kier alpha value is -1.95. The second-order valence-corrected chi connectivity index (χ2v) is 7.24. The minimum atomic E-state index is 0.420. The van der Waals surface area contributed by atoms with E-state index in [-0.39, 0.29) is 0 Å². The monoisotopic (exact) mass is 339 g/mol. The zero-order valence-electron chi connectivity index (χ0n) is 13.7. The van der Waals surface area contributed by atoms with Gasteiger partial charge in [0.15, 0.2) is 5.13 Å². The van der Waals surface area contributed by atoms with E-state index in [0.29, 0.717) is 11.2 Å². The fraction of sp³-hybridized carbons (Fsp3) is 0.316. The van der Waals surface area contributed by atoms with Gasteiger partial charge in [-0.3, -0.25) is 4.90 Å². The molecule has 0 bridgehead atoms. The van der Waals surface area contributed by atoms with E-state index in [9.17, 15) is 0 Å². The predicted molar refractivity (Wildman–Crippen MR) is 100 cm³/mol. The Morgan fingerprint density at radius 1 is 1.08 bits per heavy atom. The van der Waals surface area contributed by atoms with Crippen molar-refractivity contribution in [1.82, 2.24) is 9.88 Å². The molecule has 4 rings (SSSR count). The molecule has 0 aliphatic carbocycles. The quantitative estimate of drug-likeness (QED) is 0.785. The summed E-state index contributed by atoms with van der Waals surface area (Å²) in [6, 6.07) is 15.6. The van der Waals surface area contributed by atoms with Crippen molar-refractivity contribution in [2.24, 2.45) is 0 Å². The summed E-state index contributed by atoms with van der Waals surface area (Å²) in [7, 11) is 0. The van der Waals surface area contributed by atoms with Crippen LogP contribution in [0.5, 0.6) is 0 Å². The molecular weight excluding hydrogens is 318 g/mol. The maximum absolute atomic E-state index is 5.80. The zero-order valence-corrected chi connectivity index (χ0v) is 14.6. The molecule has 0 radical (unpaired) electrons. The van der Waals surface area contributed by atoms with Crippen molar-refractivity contribution in [3.8, 4) is 11.1 Å². The van der Waals surface area contributed by atoms with Crippen molar-refractivity contribution in [2.45, 2.75) is 13.0 Å². The number of nitrogens with zero attached hydrogens (tertiary/aromatic N) is 2. The average molecular weight is 339 g/mol. The molecule has 0 amide bonds. The molecule has 2 N–H and O–H groups in total. The van der Waals surface area contributed by atoms with E-state index in [1.807, 2.05) is 0 Å². The lowest BCUT2D eigenvalue weighted by atomic mass is 10.0. The average Bonchev–Trinajstić information content (AvgIpc) is 3.01. The molecule has 4 nitrogen and oxygen atoms in total. The van der Waals surface area contributed by atoms with Gasteiger partial charge in [-0.25, -0.2) is 4.98 Å². The first-order valence-electron chi connectivity index (χ1n) is 8.29.